The summed E-state index contributed by atoms with van der Waals surface area (Å²) in [6.45, 7) is 0. The van der Waals surface area contributed by atoms with Crippen LogP contribution in [0.2, 0.25) is 0 Å². The zero-order valence-corrected chi connectivity index (χ0v) is 10.8. The molecule has 2 aromatic rings. The van der Waals surface area contributed by atoms with Crippen molar-refractivity contribution in [1.29, 1.82) is 0 Å². The van der Waals surface area contributed by atoms with Crippen molar-refractivity contribution in [3.63, 3.8) is 0 Å². The van der Waals surface area contributed by atoms with Crippen molar-refractivity contribution >= 4 is 18.1 Å². The number of aliphatic carboxylic acids is 1. The van der Waals surface area contributed by atoms with Crippen molar-refractivity contribution in [3.8, 4) is 0 Å². The number of aliphatic hydroxyl groups is 1. The lowest BCUT2D eigenvalue weighted by Crippen LogP contribution is -2.04. The normalized spacial score (nSPS) is 16.1. The van der Waals surface area contributed by atoms with Crippen molar-refractivity contribution in [3.05, 3.63) is 70.3 Å². The van der Waals surface area contributed by atoms with E-state index in [2.05, 4.69) is 0 Å². The zero-order valence-electron chi connectivity index (χ0n) is 10.8. The summed E-state index contributed by atoms with van der Waals surface area (Å²) in [6.07, 6.45) is 3.18. The van der Waals surface area contributed by atoms with E-state index in [9.17, 15) is 9.90 Å². The number of hydrogen-bond donors (Lipinski definition) is 2. The standard InChI is InChI=1S/C17H14O3/c18-16(19)10-11-5-8-15-13(9-11)7-6-12-3-1-2-4-14(12)17(15)20/h1-9,17,20H,10H2,(H,18,19). The van der Waals surface area contributed by atoms with Crippen LogP contribution in [0.15, 0.2) is 42.5 Å². The van der Waals surface area contributed by atoms with E-state index in [4.69, 9.17) is 5.11 Å². The van der Waals surface area contributed by atoms with Gasteiger partial charge in [-0.3, -0.25) is 4.79 Å². The molecular weight excluding hydrogens is 252 g/mol. The molecule has 2 aromatic carbocycles. The van der Waals surface area contributed by atoms with Crippen LogP contribution in [0.4, 0.5) is 0 Å². The Morgan fingerprint density at radius 1 is 1.00 bits per heavy atom. The molecule has 1 aliphatic rings. The zero-order chi connectivity index (χ0) is 14.1. The second-order valence-electron chi connectivity index (χ2n) is 4.90. The summed E-state index contributed by atoms with van der Waals surface area (Å²) in [4.78, 5) is 10.8. The number of fused-ring (bicyclic) bond motifs is 2. The van der Waals surface area contributed by atoms with Crippen LogP contribution in [0.3, 0.4) is 0 Å². The van der Waals surface area contributed by atoms with E-state index in [1.807, 2.05) is 48.6 Å². The smallest absolute Gasteiger partial charge is 0.307 e. The summed E-state index contributed by atoms with van der Waals surface area (Å²) >= 11 is 0. The molecule has 0 aliphatic heterocycles. The Morgan fingerprint density at radius 3 is 2.50 bits per heavy atom. The number of carbonyl (C=O) groups is 1. The van der Waals surface area contributed by atoms with Crippen LogP contribution in [0, 0.1) is 0 Å². The second kappa shape index (κ2) is 4.94. The van der Waals surface area contributed by atoms with Gasteiger partial charge in [-0.25, -0.2) is 0 Å². The predicted molar refractivity (Wildman–Crippen MR) is 77.2 cm³/mol. The van der Waals surface area contributed by atoms with Gasteiger partial charge in [0.05, 0.1) is 6.42 Å². The first kappa shape index (κ1) is 12.6. The highest BCUT2D eigenvalue weighted by molar-refractivity contribution is 5.77. The Hall–Kier alpha value is -2.39. The Balaban J connectivity index is 2.09. The second-order valence-corrected chi connectivity index (χ2v) is 4.90. The lowest BCUT2D eigenvalue weighted by atomic mass is 9.95. The molecule has 0 heterocycles. The van der Waals surface area contributed by atoms with Crippen molar-refractivity contribution < 1.29 is 15.0 Å². The number of aliphatic hydroxyl groups excluding tert-OH is 1. The molecule has 0 fully saturated rings. The van der Waals surface area contributed by atoms with Crippen LogP contribution in [-0.4, -0.2) is 16.2 Å². The van der Waals surface area contributed by atoms with E-state index < -0.39 is 12.1 Å². The fraction of sp³-hybridized carbons (Fsp3) is 0.118. The molecule has 0 amide bonds. The van der Waals surface area contributed by atoms with Crippen molar-refractivity contribution in [2.75, 3.05) is 0 Å². The molecule has 0 aromatic heterocycles. The molecule has 1 unspecified atom stereocenters. The monoisotopic (exact) mass is 266 g/mol. The maximum atomic E-state index is 10.8. The van der Waals surface area contributed by atoms with Gasteiger partial charge in [0.1, 0.15) is 6.10 Å². The molecule has 0 radical (unpaired) electrons. The molecule has 1 aliphatic carbocycles. The van der Waals surface area contributed by atoms with Gasteiger partial charge >= 0.3 is 5.97 Å². The van der Waals surface area contributed by atoms with Gasteiger partial charge in [-0.05, 0) is 27.8 Å². The fourth-order valence-corrected chi connectivity index (χ4v) is 2.56. The number of hydrogen-bond acceptors (Lipinski definition) is 2. The lowest BCUT2D eigenvalue weighted by Gasteiger charge is -2.15. The van der Waals surface area contributed by atoms with Crippen LogP contribution in [0.5, 0.6) is 0 Å². The third-order valence-electron chi connectivity index (χ3n) is 3.53. The van der Waals surface area contributed by atoms with Crippen molar-refractivity contribution in [2.24, 2.45) is 0 Å². The highest BCUT2D eigenvalue weighted by atomic mass is 16.4. The quantitative estimate of drug-likeness (QED) is 0.878. The molecule has 3 rings (SSSR count). The lowest BCUT2D eigenvalue weighted by molar-refractivity contribution is -0.136. The van der Waals surface area contributed by atoms with Gasteiger partial charge in [0.15, 0.2) is 0 Å². The Kier molecular flexibility index (Phi) is 3.12. The summed E-state index contributed by atoms with van der Waals surface area (Å²) in [6, 6.07) is 13.1. The van der Waals surface area contributed by atoms with E-state index >= 15 is 0 Å². The first-order valence-electron chi connectivity index (χ1n) is 6.45. The van der Waals surface area contributed by atoms with E-state index in [1.165, 1.54) is 0 Å². The highest BCUT2D eigenvalue weighted by Gasteiger charge is 2.19. The number of benzene rings is 2. The Morgan fingerprint density at radius 2 is 1.70 bits per heavy atom. The number of rotatable bonds is 2. The molecule has 1 atom stereocenters. The maximum absolute atomic E-state index is 10.8. The van der Waals surface area contributed by atoms with Gasteiger partial charge in [0, 0.05) is 0 Å². The van der Waals surface area contributed by atoms with Crippen LogP contribution in [0.25, 0.3) is 12.2 Å². The molecular formula is C17H14O3. The van der Waals surface area contributed by atoms with Gasteiger partial charge in [-0.1, -0.05) is 54.6 Å². The van der Waals surface area contributed by atoms with Gasteiger partial charge in [0.2, 0.25) is 0 Å². The van der Waals surface area contributed by atoms with Crippen LogP contribution >= 0.6 is 0 Å². The minimum atomic E-state index is -0.855. The Bertz CT molecular complexity index is 701. The van der Waals surface area contributed by atoms with Crippen LogP contribution in [0.1, 0.15) is 33.9 Å². The van der Waals surface area contributed by atoms with Crippen molar-refractivity contribution in [2.45, 2.75) is 12.5 Å². The third kappa shape index (κ3) is 2.24. The first-order valence-corrected chi connectivity index (χ1v) is 6.45. The predicted octanol–water partition coefficient (Wildman–Crippen LogP) is 2.88. The molecule has 0 saturated heterocycles. The van der Waals surface area contributed by atoms with Crippen LogP contribution in [-0.2, 0) is 11.2 Å². The largest absolute Gasteiger partial charge is 0.481 e. The summed E-state index contributed by atoms with van der Waals surface area (Å²) in [5.74, 6) is -0.855. The summed E-state index contributed by atoms with van der Waals surface area (Å²) in [5, 5.41) is 19.4. The van der Waals surface area contributed by atoms with Gasteiger partial charge in [-0.15, -0.1) is 0 Å². The highest BCUT2D eigenvalue weighted by Crippen LogP contribution is 2.33. The van der Waals surface area contributed by atoms with Gasteiger partial charge in [-0.2, -0.15) is 0 Å². The minimum absolute atomic E-state index is 0.00976. The minimum Gasteiger partial charge on any atom is -0.481 e. The van der Waals surface area contributed by atoms with E-state index in [-0.39, 0.29) is 6.42 Å². The van der Waals surface area contributed by atoms with Gasteiger partial charge in [0.25, 0.3) is 0 Å². The van der Waals surface area contributed by atoms with E-state index in [1.54, 1.807) is 6.07 Å². The SMILES string of the molecule is O=C(O)Cc1ccc2c(c1)C=Cc1ccccc1C2O. The maximum Gasteiger partial charge on any atom is 0.307 e. The number of carboxylic acid groups (broad SMARTS) is 1. The molecule has 0 spiro atoms. The average Bonchev–Trinajstić information content (AvgIpc) is 2.57. The third-order valence-corrected chi connectivity index (χ3v) is 3.53. The van der Waals surface area contributed by atoms with E-state index in [0.717, 1.165) is 27.8 Å². The molecule has 3 nitrogen and oxygen atoms in total. The summed E-state index contributed by atoms with van der Waals surface area (Å²) in [7, 11) is 0. The average molecular weight is 266 g/mol. The van der Waals surface area contributed by atoms with Crippen LogP contribution < -0.4 is 0 Å². The fourth-order valence-electron chi connectivity index (χ4n) is 2.56. The first-order chi connectivity index (χ1) is 9.65. The summed E-state index contributed by atoms with van der Waals surface area (Å²) in [5.41, 5.74) is 4.26. The summed E-state index contributed by atoms with van der Waals surface area (Å²) < 4.78 is 0. The molecule has 3 heteroatoms. The van der Waals surface area contributed by atoms with Crippen molar-refractivity contribution in [1.82, 2.24) is 0 Å². The van der Waals surface area contributed by atoms with E-state index in [0.29, 0.717) is 0 Å². The van der Waals surface area contributed by atoms with Gasteiger partial charge < -0.3 is 10.2 Å². The molecule has 20 heavy (non-hydrogen) atoms. The Labute approximate surface area is 116 Å². The molecule has 100 valence electrons. The molecule has 0 bridgehead atoms. The molecule has 0 saturated carbocycles. The topological polar surface area (TPSA) is 57.5 Å². The number of carboxylic acids is 1. The molecule has 2 N–H and O–H groups in total.